The second kappa shape index (κ2) is 5.08. The number of aryl methyl sites for hydroxylation is 1. The number of hydrogen-bond acceptors (Lipinski definition) is 3. The van der Waals surface area contributed by atoms with Crippen LogP contribution in [-0.2, 0) is 0 Å². The van der Waals surface area contributed by atoms with Crippen molar-refractivity contribution in [3.8, 4) is 5.75 Å². The molecule has 0 aliphatic heterocycles. The van der Waals surface area contributed by atoms with Gasteiger partial charge >= 0.3 is 5.97 Å². The van der Waals surface area contributed by atoms with E-state index < -0.39 is 5.97 Å². The number of carbonyl (C=O) groups is 1. The third-order valence-corrected chi connectivity index (χ3v) is 2.80. The van der Waals surface area contributed by atoms with Crippen molar-refractivity contribution in [3.63, 3.8) is 0 Å². The Morgan fingerprint density at radius 2 is 2.06 bits per heavy atom. The molecular formula is C15H16O3. The van der Waals surface area contributed by atoms with Crippen LogP contribution in [0.4, 0.5) is 0 Å². The summed E-state index contributed by atoms with van der Waals surface area (Å²) in [5, 5.41) is 0. The van der Waals surface area contributed by atoms with E-state index in [0.29, 0.717) is 11.7 Å². The van der Waals surface area contributed by atoms with Crippen LogP contribution in [0.5, 0.6) is 5.75 Å². The van der Waals surface area contributed by atoms with Gasteiger partial charge in [0.1, 0.15) is 5.75 Å². The Kier molecular flexibility index (Phi) is 3.51. The average Bonchev–Trinajstić information content (AvgIpc) is 2.81. The molecule has 1 heterocycles. The minimum Gasteiger partial charge on any atom is -0.457 e. The summed E-state index contributed by atoms with van der Waals surface area (Å²) in [6, 6.07) is 8.91. The third-order valence-electron chi connectivity index (χ3n) is 2.80. The van der Waals surface area contributed by atoms with Crippen molar-refractivity contribution in [1.29, 1.82) is 0 Å². The van der Waals surface area contributed by atoms with E-state index in [1.165, 1.54) is 11.8 Å². The largest absolute Gasteiger partial charge is 0.457 e. The van der Waals surface area contributed by atoms with Crippen LogP contribution in [0.2, 0.25) is 0 Å². The zero-order valence-corrected chi connectivity index (χ0v) is 10.8. The molecule has 0 N–H and O–H groups in total. The molecule has 0 amide bonds. The molecule has 0 fully saturated rings. The molecule has 0 saturated carbocycles. The highest BCUT2D eigenvalue weighted by Gasteiger charge is 2.12. The minimum atomic E-state index is -0.475. The maximum Gasteiger partial charge on any atom is 0.379 e. The van der Waals surface area contributed by atoms with Gasteiger partial charge in [-0.15, -0.1) is 0 Å². The summed E-state index contributed by atoms with van der Waals surface area (Å²) in [7, 11) is 0. The SMILES string of the molecule is Cc1cc(OC(=O)c2ccco2)ccc1C(C)C. The first-order valence-electron chi connectivity index (χ1n) is 5.94. The molecule has 2 rings (SSSR count). The molecule has 94 valence electrons. The number of furan rings is 1. The highest BCUT2D eigenvalue weighted by atomic mass is 16.5. The van der Waals surface area contributed by atoms with E-state index in [0.717, 1.165) is 5.56 Å². The molecule has 0 spiro atoms. The molecule has 0 saturated heterocycles. The lowest BCUT2D eigenvalue weighted by Crippen LogP contribution is -2.07. The maximum absolute atomic E-state index is 11.7. The van der Waals surface area contributed by atoms with Gasteiger partial charge in [0.2, 0.25) is 5.76 Å². The van der Waals surface area contributed by atoms with Crippen LogP contribution in [0.25, 0.3) is 0 Å². The zero-order chi connectivity index (χ0) is 13.1. The van der Waals surface area contributed by atoms with Gasteiger partial charge in [-0.05, 0) is 48.2 Å². The van der Waals surface area contributed by atoms with Crippen LogP contribution in [-0.4, -0.2) is 5.97 Å². The van der Waals surface area contributed by atoms with E-state index in [2.05, 4.69) is 13.8 Å². The number of carbonyl (C=O) groups excluding carboxylic acids is 1. The topological polar surface area (TPSA) is 39.4 Å². The van der Waals surface area contributed by atoms with Crippen LogP contribution in [0.3, 0.4) is 0 Å². The van der Waals surface area contributed by atoms with E-state index >= 15 is 0 Å². The van der Waals surface area contributed by atoms with Crippen molar-refractivity contribution in [1.82, 2.24) is 0 Å². The highest BCUT2D eigenvalue weighted by Crippen LogP contribution is 2.24. The quantitative estimate of drug-likeness (QED) is 0.606. The van der Waals surface area contributed by atoms with Crippen molar-refractivity contribution in [2.24, 2.45) is 0 Å². The van der Waals surface area contributed by atoms with Crippen molar-refractivity contribution in [2.45, 2.75) is 26.7 Å². The number of esters is 1. The fraction of sp³-hybridized carbons (Fsp3) is 0.267. The van der Waals surface area contributed by atoms with Crippen LogP contribution < -0.4 is 4.74 Å². The van der Waals surface area contributed by atoms with Crippen LogP contribution in [0.15, 0.2) is 41.0 Å². The number of hydrogen-bond donors (Lipinski definition) is 0. The van der Waals surface area contributed by atoms with E-state index in [1.54, 1.807) is 12.1 Å². The summed E-state index contributed by atoms with van der Waals surface area (Å²) in [5.41, 5.74) is 2.38. The Hall–Kier alpha value is -2.03. The van der Waals surface area contributed by atoms with E-state index in [4.69, 9.17) is 9.15 Å². The fourth-order valence-corrected chi connectivity index (χ4v) is 1.91. The number of ether oxygens (including phenoxy) is 1. The molecule has 18 heavy (non-hydrogen) atoms. The van der Waals surface area contributed by atoms with Gasteiger partial charge in [-0.2, -0.15) is 0 Å². The minimum absolute atomic E-state index is 0.209. The second-order valence-corrected chi connectivity index (χ2v) is 4.54. The van der Waals surface area contributed by atoms with Gasteiger partial charge in [0.05, 0.1) is 6.26 Å². The molecule has 0 atom stereocenters. The summed E-state index contributed by atoms with van der Waals surface area (Å²) < 4.78 is 10.2. The summed E-state index contributed by atoms with van der Waals surface area (Å²) in [5.74, 6) is 0.732. The molecule has 1 aromatic carbocycles. The summed E-state index contributed by atoms with van der Waals surface area (Å²) in [6.45, 7) is 6.29. The molecular weight excluding hydrogens is 228 g/mol. The van der Waals surface area contributed by atoms with Crippen molar-refractivity contribution in [3.05, 3.63) is 53.5 Å². The molecule has 0 aliphatic rings. The van der Waals surface area contributed by atoms with E-state index in [9.17, 15) is 4.79 Å². The molecule has 3 heteroatoms. The van der Waals surface area contributed by atoms with Crippen LogP contribution in [0.1, 0.15) is 41.4 Å². The Morgan fingerprint density at radius 3 is 2.61 bits per heavy atom. The van der Waals surface area contributed by atoms with E-state index in [1.807, 2.05) is 25.1 Å². The maximum atomic E-state index is 11.7. The smallest absolute Gasteiger partial charge is 0.379 e. The summed E-state index contributed by atoms with van der Waals surface area (Å²) in [4.78, 5) is 11.7. The van der Waals surface area contributed by atoms with Crippen LogP contribution in [0, 0.1) is 6.92 Å². The standard InChI is InChI=1S/C15H16O3/c1-10(2)13-7-6-12(9-11(13)3)18-15(16)14-5-4-8-17-14/h4-10H,1-3H3. The molecule has 2 aromatic rings. The highest BCUT2D eigenvalue weighted by molar-refractivity contribution is 5.88. The van der Waals surface area contributed by atoms with Gasteiger partial charge in [0.15, 0.2) is 0 Å². The molecule has 0 unspecified atom stereocenters. The van der Waals surface area contributed by atoms with Gasteiger partial charge in [-0.1, -0.05) is 19.9 Å². The molecule has 0 aliphatic carbocycles. The monoisotopic (exact) mass is 244 g/mol. The normalized spacial score (nSPS) is 10.7. The second-order valence-electron chi connectivity index (χ2n) is 4.54. The van der Waals surface area contributed by atoms with Gasteiger partial charge < -0.3 is 9.15 Å². The number of benzene rings is 1. The van der Waals surface area contributed by atoms with Gasteiger partial charge in [-0.3, -0.25) is 0 Å². The molecule has 1 aromatic heterocycles. The van der Waals surface area contributed by atoms with Gasteiger partial charge in [0, 0.05) is 0 Å². The van der Waals surface area contributed by atoms with Gasteiger partial charge in [-0.25, -0.2) is 4.79 Å². The predicted molar refractivity (Wildman–Crippen MR) is 68.9 cm³/mol. The molecule has 0 bridgehead atoms. The first kappa shape index (κ1) is 12.4. The van der Waals surface area contributed by atoms with Gasteiger partial charge in [0.25, 0.3) is 0 Å². The van der Waals surface area contributed by atoms with Crippen molar-refractivity contribution in [2.75, 3.05) is 0 Å². The molecule has 3 nitrogen and oxygen atoms in total. The summed E-state index contributed by atoms with van der Waals surface area (Å²) in [6.07, 6.45) is 1.45. The lowest BCUT2D eigenvalue weighted by atomic mass is 9.98. The Bertz CT molecular complexity index is 539. The zero-order valence-electron chi connectivity index (χ0n) is 10.8. The third kappa shape index (κ3) is 2.62. The Labute approximate surface area is 106 Å². The first-order valence-corrected chi connectivity index (χ1v) is 5.94. The summed E-state index contributed by atoms with van der Waals surface area (Å²) >= 11 is 0. The molecule has 0 radical (unpaired) electrons. The van der Waals surface area contributed by atoms with Crippen molar-refractivity contribution >= 4 is 5.97 Å². The van der Waals surface area contributed by atoms with Crippen LogP contribution >= 0.6 is 0 Å². The lowest BCUT2D eigenvalue weighted by Gasteiger charge is -2.11. The number of rotatable bonds is 3. The lowest BCUT2D eigenvalue weighted by molar-refractivity contribution is 0.0701. The first-order chi connectivity index (χ1) is 8.58. The van der Waals surface area contributed by atoms with Crippen molar-refractivity contribution < 1.29 is 13.9 Å². The average molecular weight is 244 g/mol. The van der Waals surface area contributed by atoms with E-state index in [-0.39, 0.29) is 5.76 Å². The Balaban J connectivity index is 2.16. The Morgan fingerprint density at radius 1 is 1.28 bits per heavy atom. The fourth-order valence-electron chi connectivity index (χ4n) is 1.91. The predicted octanol–water partition coefficient (Wildman–Crippen LogP) is 3.93.